The highest BCUT2D eigenvalue weighted by atomic mass is 16.3. The van der Waals surface area contributed by atoms with Gasteiger partial charge in [-0.1, -0.05) is 19.3 Å². The number of hydrogen-bond acceptors (Lipinski definition) is 3. The molecule has 2 saturated carbocycles. The fraction of sp³-hybridized carbons (Fsp3) is 0.923. The minimum atomic E-state index is -0.266. The molecule has 4 N–H and O–H groups in total. The maximum atomic E-state index is 11.8. The number of rotatable bonds is 4. The molecule has 0 spiro atoms. The Morgan fingerprint density at radius 2 is 2.00 bits per heavy atom. The molecule has 2 unspecified atom stereocenters. The highest BCUT2D eigenvalue weighted by Gasteiger charge is 2.32. The molecule has 98 valence electrons. The van der Waals surface area contributed by atoms with E-state index in [2.05, 4.69) is 5.32 Å². The molecule has 0 bridgehead atoms. The summed E-state index contributed by atoms with van der Waals surface area (Å²) in [4.78, 5) is 11.8. The molecule has 0 aromatic heterocycles. The summed E-state index contributed by atoms with van der Waals surface area (Å²) in [6.45, 7) is 0.607. The Hall–Kier alpha value is -0.610. The summed E-state index contributed by atoms with van der Waals surface area (Å²) in [6.07, 6.45) is 7.40. The maximum absolute atomic E-state index is 11.8. The zero-order valence-corrected chi connectivity index (χ0v) is 10.5. The number of nitrogens with two attached hydrogens (primary N) is 1. The lowest BCUT2D eigenvalue weighted by molar-refractivity contribution is -0.122. The van der Waals surface area contributed by atoms with Crippen molar-refractivity contribution in [3.05, 3.63) is 0 Å². The Kier molecular flexibility index (Phi) is 4.05. The summed E-state index contributed by atoms with van der Waals surface area (Å²) in [5.74, 6) is 0.296. The highest BCUT2D eigenvalue weighted by Crippen LogP contribution is 2.30. The van der Waals surface area contributed by atoms with Crippen LogP contribution in [-0.4, -0.2) is 29.2 Å². The van der Waals surface area contributed by atoms with Crippen LogP contribution in [0.5, 0.6) is 0 Å². The van der Waals surface area contributed by atoms with Crippen molar-refractivity contribution in [3.8, 4) is 0 Å². The minimum absolute atomic E-state index is 0.0495. The smallest absolute Gasteiger partial charge is 0.221 e. The lowest BCUT2D eigenvalue weighted by atomic mass is 9.94. The summed E-state index contributed by atoms with van der Waals surface area (Å²) < 4.78 is 0. The van der Waals surface area contributed by atoms with Gasteiger partial charge in [0.05, 0.1) is 6.10 Å². The second kappa shape index (κ2) is 5.36. The molecule has 2 fully saturated rings. The quantitative estimate of drug-likeness (QED) is 0.684. The van der Waals surface area contributed by atoms with Crippen LogP contribution in [0.4, 0.5) is 0 Å². The molecule has 2 aliphatic carbocycles. The summed E-state index contributed by atoms with van der Waals surface area (Å²) in [6, 6.07) is 0. The molecule has 0 radical (unpaired) electrons. The van der Waals surface area contributed by atoms with Crippen molar-refractivity contribution in [3.63, 3.8) is 0 Å². The zero-order chi connectivity index (χ0) is 12.3. The van der Waals surface area contributed by atoms with E-state index < -0.39 is 0 Å². The molecule has 0 aromatic carbocycles. The molecule has 1 amide bonds. The van der Waals surface area contributed by atoms with Gasteiger partial charge in [-0.25, -0.2) is 0 Å². The van der Waals surface area contributed by atoms with E-state index in [4.69, 9.17) is 5.73 Å². The maximum Gasteiger partial charge on any atom is 0.221 e. The molecule has 4 heteroatoms. The average molecular weight is 240 g/mol. The van der Waals surface area contributed by atoms with E-state index >= 15 is 0 Å². The van der Waals surface area contributed by atoms with E-state index in [1.165, 1.54) is 0 Å². The molecule has 2 rings (SSSR count). The van der Waals surface area contributed by atoms with E-state index in [1.807, 2.05) is 0 Å². The Balaban J connectivity index is 1.70. The van der Waals surface area contributed by atoms with E-state index in [0.29, 0.717) is 13.0 Å². The number of hydrogen-bond donors (Lipinski definition) is 3. The highest BCUT2D eigenvalue weighted by molar-refractivity contribution is 5.77. The largest absolute Gasteiger partial charge is 0.393 e. The van der Waals surface area contributed by atoms with Crippen LogP contribution in [0.15, 0.2) is 0 Å². The van der Waals surface area contributed by atoms with Crippen molar-refractivity contribution >= 4 is 5.91 Å². The monoisotopic (exact) mass is 240 g/mol. The molecule has 17 heavy (non-hydrogen) atoms. The first-order valence-electron chi connectivity index (χ1n) is 6.83. The van der Waals surface area contributed by atoms with Crippen LogP contribution in [0.2, 0.25) is 0 Å². The van der Waals surface area contributed by atoms with Crippen LogP contribution in [0, 0.1) is 5.92 Å². The van der Waals surface area contributed by atoms with Crippen LogP contribution in [-0.2, 0) is 4.79 Å². The normalized spacial score (nSPS) is 31.6. The third-order valence-electron chi connectivity index (χ3n) is 4.29. The van der Waals surface area contributed by atoms with Gasteiger partial charge in [0.15, 0.2) is 0 Å². The standard InChI is InChI=1S/C13H24N2O2/c14-13(6-1-2-7-13)8-12(17)15-9-10-4-3-5-11(10)16/h10-11,16H,1-9,14H2,(H,15,17). The first-order chi connectivity index (χ1) is 8.09. The van der Waals surface area contributed by atoms with Gasteiger partial charge in [-0.3, -0.25) is 4.79 Å². The Labute approximate surface area is 103 Å². The van der Waals surface area contributed by atoms with Crippen molar-refractivity contribution in [1.29, 1.82) is 0 Å². The van der Waals surface area contributed by atoms with Gasteiger partial charge in [-0.05, 0) is 25.7 Å². The fourth-order valence-corrected chi connectivity index (χ4v) is 3.14. The SMILES string of the molecule is NC1(CC(=O)NCC2CCCC2O)CCCC1. The zero-order valence-electron chi connectivity index (χ0n) is 10.5. The van der Waals surface area contributed by atoms with E-state index in [1.54, 1.807) is 0 Å². The lowest BCUT2D eigenvalue weighted by Gasteiger charge is -2.23. The second-order valence-electron chi connectivity index (χ2n) is 5.81. The fourth-order valence-electron chi connectivity index (χ4n) is 3.14. The summed E-state index contributed by atoms with van der Waals surface area (Å²) >= 11 is 0. The predicted octanol–water partition coefficient (Wildman–Crippen LogP) is 0.925. The number of aliphatic hydroxyl groups is 1. The summed E-state index contributed by atoms with van der Waals surface area (Å²) in [5, 5.41) is 12.6. The van der Waals surface area contributed by atoms with E-state index in [9.17, 15) is 9.90 Å². The van der Waals surface area contributed by atoms with Gasteiger partial charge in [-0.2, -0.15) is 0 Å². The van der Waals surface area contributed by atoms with Crippen LogP contribution in [0.25, 0.3) is 0 Å². The topological polar surface area (TPSA) is 75.4 Å². The van der Waals surface area contributed by atoms with Gasteiger partial charge in [0.2, 0.25) is 5.91 Å². The van der Waals surface area contributed by atoms with Crippen molar-refractivity contribution in [2.45, 2.75) is 63.0 Å². The number of amides is 1. The molecule has 0 aliphatic heterocycles. The third kappa shape index (κ3) is 3.42. The first-order valence-corrected chi connectivity index (χ1v) is 6.83. The Morgan fingerprint density at radius 1 is 1.29 bits per heavy atom. The Morgan fingerprint density at radius 3 is 2.59 bits per heavy atom. The van der Waals surface area contributed by atoms with Gasteiger partial charge >= 0.3 is 0 Å². The molecule has 0 saturated heterocycles. The molecule has 0 heterocycles. The van der Waals surface area contributed by atoms with Crippen LogP contribution in [0.1, 0.15) is 51.4 Å². The molecule has 2 atom stereocenters. The van der Waals surface area contributed by atoms with Gasteiger partial charge in [0, 0.05) is 24.4 Å². The summed E-state index contributed by atoms with van der Waals surface area (Å²) in [5.41, 5.74) is 5.90. The van der Waals surface area contributed by atoms with Crippen molar-refractivity contribution in [1.82, 2.24) is 5.32 Å². The number of nitrogens with one attached hydrogen (secondary N) is 1. The van der Waals surface area contributed by atoms with E-state index in [0.717, 1.165) is 44.9 Å². The summed E-state index contributed by atoms with van der Waals surface area (Å²) in [7, 11) is 0. The molecule has 2 aliphatic rings. The van der Waals surface area contributed by atoms with Gasteiger partial charge < -0.3 is 16.2 Å². The van der Waals surface area contributed by atoms with E-state index in [-0.39, 0.29) is 23.5 Å². The predicted molar refractivity (Wildman–Crippen MR) is 66.4 cm³/mol. The van der Waals surface area contributed by atoms with Crippen LogP contribution < -0.4 is 11.1 Å². The Bertz CT molecular complexity index is 275. The number of aliphatic hydroxyl groups excluding tert-OH is 1. The molecule has 0 aromatic rings. The first kappa shape index (κ1) is 12.8. The van der Waals surface area contributed by atoms with Crippen LogP contribution in [0.3, 0.4) is 0 Å². The third-order valence-corrected chi connectivity index (χ3v) is 4.29. The molecule has 4 nitrogen and oxygen atoms in total. The average Bonchev–Trinajstić information content (AvgIpc) is 2.85. The van der Waals surface area contributed by atoms with Crippen molar-refractivity contribution < 1.29 is 9.90 Å². The second-order valence-corrected chi connectivity index (χ2v) is 5.81. The van der Waals surface area contributed by atoms with Gasteiger partial charge in [0.25, 0.3) is 0 Å². The molecular weight excluding hydrogens is 216 g/mol. The van der Waals surface area contributed by atoms with Gasteiger partial charge in [-0.15, -0.1) is 0 Å². The van der Waals surface area contributed by atoms with Gasteiger partial charge in [0.1, 0.15) is 0 Å². The van der Waals surface area contributed by atoms with Crippen molar-refractivity contribution in [2.24, 2.45) is 11.7 Å². The van der Waals surface area contributed by atoms with Crippen molar-refractivity contribution in [2.75, 3.05) is 6.54 Å². The number of carbonyl (C=O) groups is 1. The van der Waals surface area contributed by atoms with Crippen LogP contribution >= 0.6 is 0 Å². The lowest BCUT2D eigenvalue weighted by Crippen LogP contribution is -2.43. The molecular formula is C13H24N2O2. The minimum Gasteiger partial charge on any atom is -0.393 e. The number of carbonyl (C=O) groups excluding carboxylic acids is 1.